The predicted octanol–water partition coefficient (Wildman–Crippen LogP) is 4.31. The smallest absolute Gasteiger partial charge is 0.195 e. The molecule has 0 N–H and O–H groups in total. The molecule has 0 spiro atoms. The molecular weight excluding hydrogens is 268 g/mol. The van der Waals surface area contributed by atoms with Crippen LogP contribution in [0.25, 0.3) is 16.2 Å². The molecular formula is C16H16N2OS. The van der Waals surface area contributed by atoms with Crippen LogP contribution in [-0.2, 0) is 0 Å². The summed E-state index contributed by atoms with van der Waals surface area (Å²) in [7, 11) is 0. The summed E-state index contributed by atoms with van der Waals surface area (Å²) in [5, 5.41) is 0. The van der Waals surface area contributed by atoms with Crippen LogP contribution < -0.4 is 0 Å². The molecule has 2 heterocycles. The summed E-state index contributed by atoms with van der Waals surface area (Å²) in [4.78, 5) is 17.2. The number of fused-ring (bicyclic) bond motifs is 1. The highest BCUT2D eigenvalue weighted by Crippen LogP contribution is 2.32. The number of benzene rings is 1. The van der Waals surface area contributed by atoms with Gasteiger partial charge < -0.3 is 0 Å². The lowest BCUT2D eigenvalue weighted by atomic mass is 10.0. The molecule has 1 aromatic carbocycles. The van der Waals surface area contributed by atoms with E-state index in [0.717, 1.165) is 22.5 Å². The Labute approximate surface area is 121 Å². The van der Waals surface area contributed by atoms with Gasteiger partial charge in [-0.25, -0.2) is 4.98 Å². The van der Waals surface area contributed by atoms with Gasteiger partial charge in [-0.05, 0) is 24.0 Å². The number of hydrogen-bond donors (Lipinski definition) is 0. The quantitative estimate of drug-likeness (QED) is 0.672. The Morgan fingerprint density at radius 2 is 1.95 bits per heavy atom. The average Bonchev–Trinajstić information content (AvgIpc) is 2.94. The number of aromatic nitrogens is 2. The van der Waals surface area contributed by atoms with Gasteiger partial charge in [0, 0.05) is 11.1 Å². The Morgan fingerprint density at radius 3 is 2.55 bits per heavy atom. The van der Waals surface area contributed by atoms with Gasteiger partial charge >= 0.3 is 0 Å². The molecule has 102 valence electrons. The number of imidazole rings is 1. The molecule has 2 aromatic heterocycles. The van der Waals surface area contributed by atoms with Crippen molar-refractivity contribution in [3.63, 3.8) is 0 Å². The molecule has 0 aliphatic rings. The Bertz CT molecular complexity index is 766. The molecule has 3 nitrogen and oxygen atoms in total. The summed E-state index contributed by atoms with van der Waals surface area (Å²) in [5.74, 6) is 0.530. The Hall–Kier alpha value is -1.94. The van der Waals surface area contributed by atoms with Crippen LogP contribution in [-0.4, -0.2) is 15.7 Å². The third-order valence-corrected chi connectivity index (χ3v) is 4.45. The topological polar surface area (TPSA) is 34.4 Å². The molecule has 0 radical (unpaired) electrons. The highest BCUT2D eigenvalue weighted by Gasteiger charge is 2.13. The summed E-state index contributed by atoms with van der Waals surface area (Å²) in [6, 6.07) is 8.62. The van der Waals surface area contributed by atoms with E-state index in [2.05, 4.69) is 50.0 Å². The molecule has 0 fully saturated rings. The molecule has 0 atom stereocenters. The van der Waals surface area contributed by atoms with E-state index >= 15 is 0 Å². The number of nitrogens with zero attached hydrogens (tertiary/aromatic N) is 2. The van der Waals surface area contributed by atoms with Crippen molar-refractivity contribution >= 4 is 22.6 Å². The molecule has 0 unspecified atom stereocenters. The van der Waals surface area contributed by atoms with Gasteiger partial charge in [-0.15, -0.1) is 11.3 Å². The fourth-order valence-corrected chi connectivity index (χ4v) is 3.37. The van der Waals surface area contributed by atoms with E-state index in [1.54, 1.807) is 17.5 Å². The van der Waals surface area contributed by atoms with Crippen LogP contribution in [0.2, 0.25) is 0 Å². The van der Waals surface area contributed by atoms with E-state index in [4.69, 9.17) is 0 Å². The van der Waals surface area contributed by atoms with Crippen LogP contribution in [0.4, 0.5) is 0 Å². The second-order valence-electron chi connectivity index (χ2n) is 5.22. The van der Waals surface area contributed by atoms with E-state index in [0.29, 0.717) is 11.6 Å². The maximum atomic E-state index is 10.9. The van der Waals surface area contributed by atoms with Crippen molar-refractivity contribution in [2.75, 3.05) is 0 Å². The van der Waals surface area contributed by atoms with Gasteiger partial charge in [-0.2, -0.15) is 0 Å². The van der Waals surface area contributed by atoms with E-state index in [9.17, 15) is 4.79 Å². The van der Waals surface area contributed by atoms with Gasteiger partial charge in [-0.3, -0.25) is 9.20 Å². The van der Waals surface area contributed by atoms with Gasteiger partial charge in [-0.1, -0.05) is 38.1 Å². The number of thiazole rings is 1. The van der Waals surface area contributed by atoms with Gasteiger partial charge in [0.15, 0.2) is 11.2 Å². The third-order valence-electron chi connectivity index (χ3n) is 3.48. The predicted molar refractivity (Wildman–Crippen MR) is 82.7 cm³/mol. The first kappa shape index (κ1) is 13.1. The van der Waals surface area contributed by atoms with Crippen molar-refractivity contribution in [3.05, 3.63) is 46.6 Å². The van der Waals surface area contributed by atoms with Gasteiger partial charge in [0.1, 0.15) is 5.69 Å². The van der Waals surface area contributed by atoms with Crippen LogP contribution in [0.15, 0.2) is 30.5 Å². The van der Waals surface area contributed by atoms with Gasteiger partial charge in [0.25, 0.3) is 0 Å². The number of aryl methyl sites for hydroxylation is 1. The van der Waals surface area contributed by atoms with Crippen LogP contribution in [0, 0.1) is 6.92 Å². The van der Waals surface area contributed by atoms with E-state index < -0.39 is 0 Å². The lowest BCUT2D eigenvalue weighted by Crippen LogP contribution is -1.90. The van der Waals surface area contributed by atoms with Crippen LogP contribution in [0.3, 0.4) is 0 Å². The van der Waals surface area contributed by atoms with Crippen molar-refractivity contribution in [3.8, 4) is 11.3 Å². The maximum absolute atomic E-state index is 10.9. The minimum Gasteiger partial charge on any atom is -0.296 e. The second kappa shape index (κ2) is 4.87. The number of aldehydes is 1. The van der Waals surface area contributed by atoms with Gasteiger partial charge in [0.2, 0.25) is 0 Å². The first-order valence-electron chi connectivity index (χ1n) is 6.64. The van der Waals surface area contributed by atoms with Crippen molar-refractivity contribution in [1.29, 1.82) is 0 Å². The summed E-state index contributed by atoms with van der Waals surface area (Å²) >= 11 is 1.61. The largest absolute Gasteiger partial charge is 0.296 e. The van der Waals surface area contributed by atoms with Crippen molar-refractivity contribution < 1.29 is 4.79 Å². The third kappa shape index (κ3) is 2.06. The zero-order chi connectivity index (χ0) is 14.3. The number of carbonyl (C=O) groups excluding carboxylic acids is 1. The molecule has 0 aliphatic carbocycles. The monoisotopic (exact) mass is 284 g/mol. The maximum Gasteiger partial charge on any atom is 0.195 e. The first-order chi connectivity index (χ1) is 9.60. The minimum atomic E-state index is 0.483. The summed E-state index contributed by atoms with van der Waals surface area (Å²) in [5.41, 5.74) is 4.10. The molecule has 4 heteroatoms. The SMILES string of the molecule is Cc1sc2nc(C=O)cn2c1-c1ccc(C(C)C)cc1. The summed E-state index contributed by atoms with van der Waals surface area (Å²) in [6.07, 6.45) is 2.60. The van der Waals surface area contributed by atoms with Crippen molar-refractivity contribution in [2.45, 2.75) is 26.7 Å². The highest BCUT2D eigenvalue weighted by atomic mass is 32.1. The molecule has 0 amide bonds. The lowest BCUT2D eigenvalue weighted by molar-refractivity contribution is 0.111. The Kier molecular flexibility index (Phi) is 3.18. The van der Waals surface area contributed by atoms with Gasteiger partial charge in [0.05, 0.1) is 5.69 Å². The number of hydrogen-bond acceptors (Lipinski definition) is 3. The molecule has 0 saturated heterocycles. The standard InChI is InChI=1S/C16H16N2OS/c1-10(2)12-4-6-13(7-5-12)15-11(3)20-16-17-14(9-19)8-18(15)16/h4-10H,1-3H3. The first-order valence-corrected chi connectivity index (χ1v) is 7.46. The zero-order valence-corrected chi connectivity index (χ0v) is 12.6. The Morgan fingerprint density at radius 1 is 1.25 bits per heavy atom. The lowest BCUT2D eigenvalue weighted by Gasteiger charge is -2.07. The summed E-state index contributed by atoms with van der Waals surface area (Å²) < 4.78 is 2.01. The van der Waals surface area contributed by atoms with E-state index in [1.807, 2.05) is 4.40 Å². The van der Waals surface area contributed by atoms with Crippen molar-refractivity contribution in [2.24, 2.45) is 0 Å². The van der Waals surface area contributed by atoms with Crippen LogP contribution >= 0.6 is 11.3 Å². The fraction of sp³-hybridized carbons (Fsp3) is 0.250. The van der Waals surface area contributed by atoms with E-state index in [1.165, 1.54) is 10.4 Å². The number of carbonyl (C=O) groups is 1. The van der Waals surface area contributed by atoms with E-state index in [-0.39, 0.29) is 0 Å². The molecule has 0 saturated carbocycles. The highest BCUT2D eigenvalue weighted by molar-refractivity contribution is 7.17. The summed E-state index contributed by atoms with van der Waals surface area (Å²) in [6.45, 7) is 6.47. The number of rotatable bonds is 3. The molecule has 3 rings (SSSR count). The molecule has 3 aromatic rings. The van der Waals surface area contributed by atoms with Crippen LogP contribution in [0.1, 0.15) is 40.7 Å². The van der Waals surface area contributed by atoms with Crippen LogP contribution in [0.5, 0.6) is 0 Å². The Balaban J connectivity index is 2.14. The molecule has 20 heavy (non-hydrogen) atoms. The molecule has 0 aliphatic heterocycles. The normalized spacial score (nSPS) is 11.4. The second-order valence-corrected chi connectivity index (χ2v) is 6.40. The fourth-order valence-electron chi connectivity index (χ4n) is 2.39. The minimum absolute atomic E-state index is 0.483. The average molecular weight is 284 g/mol. The van der Waals surface area contributed by atoms with Crippen molar-refractivity contribution in [1.82, 2.24) is 9.38 Å². The zero-order valence-electron chi connectivity index (χ0n) is 11.8. The molecule has 0 bridgehead atoms.